The first-order valence-corrected chi connectivity index (χ1v) is 10.5. The van der Waals surface area contributed by atoms with Gasteiger partial charge in [0.25, 0.3) is 5.91 Å². The number of amides is 1. The van der Waals surface area contributed by atoms with Crippen LogP contribution < -0.4 is 0 Å². The number of nitrogens with zero attached hydrogens (tertiary/aromatic N) is 4. The van der Waals surface area contributed by atoms with E-state index in [1.54, 1.807) is 7.11 Å². The Morgan fingerprint density at radius 1 is 1.20 bits per heavy atom. The fourth-order valence-electron chi connectivity index (χ4n) is 4.07. The zero-order valence-corrected chi connectivity index (χ0v) is 17.8. The number of fused-ring (bicyclic) bond motifs is 2. The minimum absolute atomic E-state index is 0.0261. The van der Waals surface area contributed by atoms with E-state index >= 15 is 0 Å². The first-order valence-electron chi connectivity index (χ1n) is 10.5. The summed E-state index contributed by atoms with van der Waals surface area (Å²) in [6.45, 7) is 5.76. The van der Waals surface area contributed by atoms with Gasteiger partial charge in [-0.05, 0) is 47.9 Å². The molecule has 2 heterocycles. The predicted octanol–water partition coefficient (Wildman–Crippen LogP) is 4.61. The molecular formula is C24H28N4O2. The first-order chi connectivity index (χ1) is 14.6. The molecule has 0 fully saturated rings. The van der Waals surface area contributed by atoms with Crippen LogP contribution in [0.1, 0.15) is 60.3 Å². The van der Waals surface area contributed by atoms with Crippen LogP contribution >= 0.6 is 0 Å². The Balaban J connectivity index is 1.55. The summed E-state index contributed by atoms with van der Waals surface area (Å²) in [6.07, 6.45) is 6.59. The number of methoxy groups -OCH3 is 1. The second-order valence-corrected chi connectivity index (χ2v) is 7.88. The van der Waals surface area contributed by atoms with Gasteiger partial charge in [-0.2, -0.15) is 0 Å². The molecule has 1 amide bonds. The maximum atomic E-state index is 13.2. The van der Waals surface area contributed by atoms with E-state index in [0.29, 0.717) is 25.3 Å². The number of aromatic nitrogens is 3. The van der Waals surface area contributed by atoms with Crippen LogP contribution in [0.25, 0.3) is 16.8 Å². The number of carbonyl (C=O) groups is 1. The Kier molecular flexibility index (Phi) is 5.95. The first kappa shape index (κ1) is 20.3. The lowest BCUT2D eigenvalue weighted by molar-refractivity contribution is 0.0675. The van der Waals surface area contributed by atoms with Crippen molar-refractivity contribution >= 4 is 22.8 Å². The highest BCUT2D eigenvalue weighted by Crippen LogP contribution is 2.25. The highest BCUT2D eigenvalue weighted by atomic mass is 16.5. The molecule has 3 aromatic rings. The number of allylic oxidation sites excluding steroid dienone is 1. The SMILES string of the molecule is CCC/C=C/c1ccc2cc(C(=O)N3Cc4nnc(COC)n4[C@@H](C)C3)ccc2c1. The van der Waals surface area contributed by atoms with Crippen molar-refractivity contribution in [1.29, 1.82) is 0 Å². The highest BCUT2D eigenvalue weighted by molar-refractivity contribution is 5.99. The third-order valence-electron chi connectivity index (χ3n) is 5.53. The molecule has 0 spiro atoms. The molecule has 1 aliphatic heterocycles. The molecule has 156 valence electrons. The molecule has 30 heavy (non-hydrogen) atoms. The lowest BCUT2D eigenvalue weighted by Gasteiger charge is -2.32. The zero-order chi connectivity index (χ0) is 21.1. The van der Waals surface area contributed by atoms with Crippen molar-refractivity contribution < 1.29 is 9.53 Å². The van der Waals surface area contributed by atoms with Gasteiger partial charge in [0.2, 0.25) is 0 Å². The lowest BCUT2D eigenvalue weighted by atomic mass is 10.0. The van der Waals surface area contributed by atoms with Crippen LogP contribution in [0.2, 0.25) is 0 Å². The third kappa shape index (κ3) is 4.00. The van der Waals surface area contributed by atoms with Gasteiger partial charge in [-0.15, -0.1) is 10.2 Å². The van der Waals surface area contributed by atoms with Gasteiger partial charge in [0.1, 0.15) is 6.61 Å². The second kappa shape index (κ2) is 8.79. The van der Waals surface area contributed by atoms with Gasteiger partial charge in [-0.25, -0.2) is 0 Å². The molecule has 1 aromatic heterocycles. The Hall–Kier alpha value is -2.99. The van der Waals surface area contributed by atoms with E-state index in [4.69, 9.17) is 4.74 Å². The van der Waals surface area contributed by atoms with Gasteiger partial charge < -0.3 is 14.2 Å². The molecule has 1 aliphatic rings. The van der Waals surface area contributed by atoms with Crippen molar-refractivity contribution in [1.82, 2.24) is 19.7 Å². The lowest BCUT2D eigenvalue weighted by Crippen LogP contribution is -2.40. The van der Waals surface area contributed by atoms with E-state index in [1.165, 1.54) is 5.56 Å². The number of benzene rings is 2. The molecular weight excluding hydrogens is 376 g/mol. The number of rotatable bonds is 6. The monoisotopic (exact) mass is 404 g/mol. The fourth-order valence-corrected chi connectivity index (χ4v) is 4.07. The number of ether oxygens (including phenoxy) is 1. The average molecular weight is 405 g/mol. The number of hydrogen-bond acceptors (Lipinski definition) is 4. The summed E-state index contributed by atoms with van der Waals surface area (Å²) >= 11 is 0. The summed E-state index contributed by atoms with van der Waals surface area (Å²) in [7, 11) is 1.65. The van der Waals surface area contributed by atoms with E-state index in [2.05, 4.69) is 59.0 Å². The van der Waals surface area contributed by atoms with Crippen molar-refractivity contribution in [3.05, 3.63) is 65.2 Å². The predicted molar refractivity (Wildman–Crippen MR) is 118 cm³/mol. The second-order valence-electron chi connectivity index (χ2n) is 7.88. The number of hydrogen-bond donors (Lipinski definition) is 0. The Morgan fingerprint density at radius 2 is 2.00 bits per heavy atom. The van der Waals surface area contributed by atoms with Crippen LogP contribution in [0.15, 0.2) is 42.5 Å². The smallest absolute Gasteiger partial charge is 0.254 e. The summed E-state index contributed by atoms with van der Waals surface area (Å²) in [6, 6.07) is 12.4. The minimum atomic E-state index is 0.0261. The normalized spacial score (nSPS) is 16.4. The van der Waals surface area contributed by atoms with E-state index in [0.717, 1.165) is 35.3 Å². The molecule has 2 aromatic carbocycles. The topological polar surface area (TPSA) is 60.3 Å². The fraction of sp³-hybridized carbons (Fsp3) is 0.375. The van der Waals surface area contributed by atoms with Gasteiger partial charge in [0.15, 0.2) is 11.6 Å². The minimum Gasteiger partial charge on any atom is -0.377 e. The van der Waals surface area contributed by atoms with Crippen LogP contribution in [-0.4, -0.2) is 39.2 Å². The Labute approximate surface area is 177 Å². The molecule has 0 aliphatic carbocycles. The van der Waals surface area contributed by atoms with Gasteiger partial charge in [-0.3, -0.25) is 4.79 Å². The molecule has 1 atom stereocenters. The number of unbranched alkanes of at least 4 members (excludes halogenated alkanes) is 1. The number of carbonyl (C=O) groups excluding carboxylic acids is 1. The third-order valence-corrected chi connectivity index (χ3v) is 5.53. The van der Waals surface area contributed by atoms with E-state index in [9.17, 15) is 4.79 Å². The van der Waals surface area contributed by atoms with Crippen LogP contribution in [0, 0.1) is 0 Å². The zero-order valence-electron chi connectivity index (χ0n) is 17.8. The molecule has 0 bridgehead atoms. The quantitative estimate of drug-likeness (QED) is 0.602. The van der Waals surface area contributed by atoms with Gasteiger partial charge >= 0.3 is 0 Å². The molecule has 6 heteroatoms. The van der Waals surface area contributed by atoms with Crippen molar-refractivity contribution in [3.63, 3.8) is 0 Å². The summed E-state index contributed by atoms with van der Waals surface area (Å²) in [4.78, 5) is 15.1. The van der Waals surface area contributed by atoms with Gasteiger partial charge in [0, 0.05) is 19.2 Å². The standard InChI is InChI=1S/C24H28N4O2/c1-4-5-6-7-18-8-9-20-13-21(11-10-19(20)12-18)24(29)27-14-17(2)28-22(15-27)25-26-23(28)16-30-3/h6-13,17H,4-5,14-16H2,1-3H3/b7-6+/t17-/m0/s1. The molecule has 0 saturated carbocycles. The maximum absolute atomic E-state index is 13.2. The largest absolute Gasteiger partial charge is 0.377 e. The van der Waals surface area contributed by atoms with Crippen LogP contribution in [0.5, 0.6) is 0 Å². The summed E-state index contributed by atoms with van der Waals surface area (Å²) < 4.78 is 7.30. The molecule has 4 rings (SSSR count). The molecule has 0 radical (unpaired) electrons. The van der Waals surface area contributed by atoms with Crippen molar-refractivity contribution in [3.8, 4) is 0 Å². The van der Waals surface area contributed by atoms with Crippen LogP contribution in [0.4, 0.5) is 0 Å². The Bertz CT molecular complexity index is 1090. The van der Waals surface area contributed by atoms with Crippen LogP contribution in [0.3, 0.4) is 0 Å². The molecule has 0 N–H and O–H groups in total. The molecule has 0 saturated heterocycles. The van der Waals surface area contributed by atoms with Crippen molar-refractivity contribution in [2.75, 3.05) is 13.7 Å². The van der Waals surface area contributed by atoms with Crippen molar-refractivity contribution in [2.24, 2.45) is 0 Å². The van der Waals surface area contributed by atoms with E-state index < -0.39 is 0 Å². The molecule has 0 unspecified atom stereocenters. The average Bonchev–Trinajstić information content (AvgIpc) is 3.16. The van der Waals surface area contributed by atoms with Gasteiger partial charge in [-0.1, -0.05) is 43.7 Å². The van der Waals surface area contributed by atoms with Crippen molar-refractivity contribution in [2.45, 2.75) is 45.9 Å². The van der Waals surface area contributed by atoms with Gasteiger partial charge in [0.05, 0.1) is 12.6 Å². The van der Waals surface area contributed by atoms with Crippen LogP contribution in [-0.2, 0) is 17.9 Å². The van der Waals surface area contributed by atoms with E-state index in [-0.39, 0.29) is 11.9 Å². The summed E-state index contributed by atoms with van der Waals surface area (Å²) in [5.74, 6) is 1.64. The highest BCUT2D eigenvalue weighted by Gasteiger charge is 2.29. The maximum Gasteiger partial charge on any atom is 0.254 e. The van der Waals surface area contributed by atoms with E-state index in [1.807, 2.05) is 23.1 Å². The summed E-state index contributed by atoms with van der Waals surface area (Å²) in [5.41, 5.74) is 1.89. The molecule has 6 nitrogen and oxygen atoms in total. The summed E-state index contributed by atoms with van der Waals surface area (Å²) in [5, 5.41) is 10.7. The Morgan fingerprint density at radius 3 is 2.80 bits per heavy atom.